The number of ether oxygens (including phenoxy) is 2. The first-order valence-electron chi connectivity index (χ1n) is 14.0. The van der Waals surface area contributed by atoms with Gasteiger partial charge in [0.1, 0.15) is 11.4 Å². The summed E-state index contributed by atoms with van der Waals surface area (Å²) in [5.74, 6) is -0.597. The highest BCUT2D eigenvalue weighted by atomic mass is 32.2. The lowest BCUT2D eigenvalue weighted by Gasteiger charge is -2.48. The molecule has 1 N–H and O–H groups in total. The molecule has 0 radical (unpaired) electrons. The molecular formula is C30H33F5N4O4S. The van der Waals surface area contributed by atoms with E-state index in [-0.39, 0.29) is 51.5 Å². The Morgan fingerprint density at radius 3 is 2.50 bits per heavy atom. The summed E-state index contributed by atoms with van der Waals surface area (Å²) in [4.78, 5) is 33.2. The minimum atomic E-state index is -4.88. The first kappa shape index (κ1) is 32.2. The maximum absolute atomic E-state index is 14.9. The fraction of sp³-hybridized carbons (Fsp3) is 0.500. The number of hydrogen-bond acceptors (Lipinski definition) is 7. The number of benzene rings is 2. The van der Waals surface area contributed by atoms with E-state index in [1.165, 1.54) is 21.6 Å². The molecular weight excluding hydrogens is 607 g/mol. The normalized spacial score (nSPS) is 22.6. The molecule has 1 saturated heterocycles. The third-order valence-electron chi connectivity index (χ3n) is 7.74. The Hall–Kier alpha value is -3.23. The van der Waals surface area contributed by atoms with Gasteiger partial charge in [0, 0.05) is 40.7 Å². The quantitative estimate of drug-likeness (QED) is 0.346. The van der Waals surface area contributed by atoms with Crippen LogP contribution in [0.25, 0.3) is 22.0 Å². The van der Waals surface area contributed by atoms with Gasteiger partial charge >= 0.3 is 18.0 Å². The zero-order chi connectivity index (χ0) is 32.2. The van der Waals surface area contributed by atoms with Crippen LogP contribution in [-0.2, 0) is 27.7 Å². The molecule has 5 rings (SSSR count). The number of carbonyl (C=O) groups is 1. The molecule has 1 amide bonds. The van der Waals surface area contributed by atoms with Crippen molar-refractivity contribution in [1.82, 2.24) is 19.8 Å². The second-order valence-corrected chi connectivity index (χ2v) is 13.2. The van der Waals surface area contributed by atoms with Crippen LogP contribution >= 0.6 is 11.8 Å². The van der Waals surface area contributed by atoms with Crippen LogP contribution in [0.4, 0.5) is 26.7 Å². The van der Waals surface area contributed by atoms with E-state index in [1.807, 2.05) is 0 Å². The molecule has 0 bridgehead atoms. The summed E-state index contributed by atoms with van der Waals surface area (Å²) < 4.78 is 84.0. The van der Waals surface area contributed by atoms with Crippen molar-refractivity contribution in [3.05, 3.63) is 57.9 Å². The van der Waals surface area contributed by atoms with Gasteiger partial charge in [0.25, 0.3) is 0 Å². The molecule has 44 heavy (non-hydrogen) atoms. The second kappa shape index (κ2) is 11.6. The van der Waals surface area contributed by atoms with E-state index < -0.39 is 59.5 Å². The van der Waals surface area contributed by atoms with Crippen molar-refractivity contribution in [2.24, 2.45) is 0 Å². The van der Waals surface area contributed by atoms with Gasteiger partial charge < -0.3 is 14.8 Å². The van der Waals surface area contributed by atoms with Crippen LogP contribution in [0.3, 0.4) is 0 Å². The number of amides is 1. The number of aromatic nitrogens is 2. The molecule has 1 unspecified atom stereocenters. The van der Waals surface area contributed by atoms with Gasteiger partial charge in [-0.2, -0.15) is 18.2 Å². The number of carbonyl (C=O) groups excluding carboxylic acids is 1. The van der Waals surface area contributed by atoms with Crippen molar-refractivity contribution in [1.29, 1.82) is 0 Å². The molecule has 3 aromatic rings. The van der Waals surface area contributed by atoms with Gasteiger partial charge in [-0.05, 0) is 58.4 Å². The fourth-order valence-corrected chi connectivity index (χ4v) is 7.24. The van der Waals surface area contributed by atoms with Crippen LogP contribution in [0.15, 0.2) is 40.0 Å². The molecule has 1 fully saturated rings. The maximum atomic E-state index is 14.9. The highest BCUT2D eigenvalue weighted by Crippen LogP contribution is 2.49. The molecule has 2 aromatic carbocycles. The number of alkyl halides is 4. The van der Waals surface area contributed by atoms with E-state index in [2.05, 4.69) is 10.3 Å². The first-order chi connectivity index (χ1) is 20.5. The van der Waals surface area contributed by atoms with E-state index >= 15 is 0 Å². The highest BCUT2D eigenvalue weighted by molar-refractivity contribution is 7.99. The molecule has 8 nitrogen and oxygen atoms in total. The van der Waals surface area contributed by atoms with E-state index in [1.54, 1.807) is 34.6 Å². The number of rotatable bonds is 4. The Balaban J connectivity index is 1.89. The Kier molecular flexibility index (Phi) is 8.49. The standard InChI is InChI=1S/C30H33F5N4O4S/c1-16-11-36-14-29(5,39(16)27(41)43-28(2,3)4)25-20-10-21(30(33,34)35)22(17-6-8-18(32)9-7-17)24-23(20)38(26(40)37-25)12-19(13-44-24)42-15-31/h6-10,16,19,36H,11-15H2,1-5H3/t16-,19?,29+/m1/s1. The van der Waals surface area contributed by atoms with Crippen LogP contribution in [0, 0.1) is 5.82 Å². The number of nitrogens with one attached hydrogen (secondary N) is 1. The summed E-state index contributed by atoms with van der Waals surface area (Å²) >= 11 is 0.991. The number of nitrogens with zero attached hydrogens (tertiary/aromatic N) is 3. The lowest BCUT2D eigenvalue weighted by Crippen LogP contribution is -2.64. The molecule has 2 aliphatic heterocycles. The van der Waals surface area contributed by atoms with E-state index in [0.29, 0.717) is 6.54 Å². The zero-order valence-corrected chi connectivity index (χ0v) is 25.7. The SMILES string of the molecule is C[C@@H]1CNC[C@@](C)(c2nc(=O)n3c4c(c(-c5ccc(F)cc5)c(C(F)(F)F)cc24)SCC(OCF)C3)N1C(=O)OC(C)(C)C. The topological polar surface area (TPSA) is 85.7 Å². The maximum Gasteiger partial charge on any atom is 0.417 e. The van der Waals surface area contributed by atoms with Crippen molar-refractivity contribution in [2.45, 2.75) is 75.5 Å². The summed E-state index contributed by atoms with van der Waals surface area (Å²) in [6.07, 6.45) is -6.44. The number of hydrogen-bond donors (Lipinski definition) is 1. The third-order valence-corrected chi connectivity index (χ3v) is 8.96. The number of piperazine rings is 1. The van der Waals surface area contributed by atoms with E-state index in [9.17, 15) is 31.5 Å². The van der Waals surface area contributed by atoms with Crippen molar-refractivity contribution in [2.75, 3.05) is 25.7 Å². The van der Waals surface area contributed by atoms with E-state index in [0.717, 1.165) is 30.0 Å². The Morgan fingerprint density at radius 1 is 1.20 bits per heavy atom. The van der Waals surface area contributed by atoms with Crippen molar-refractivity contribution >= 4 is 28.8 Å². The molecule has 3 atom stereocenters. The van der Waals surface area contributed by atoms with Gasteiger partial charge in [-0.3, -0.25) is 9.47 Å². The summed E-state index contributed by atoms with van der Waals surface area (Å²) in [7, 11) is 0. The summed E-state index contributed by atoms with van der Waals surface area (Å²) in [5, 5.41) is 3.21. The summed E-state index contributed by atoms with van der Waals surface area (Å²) in [6.45, 7) is 7.61. The van der Waals surface area contributed by atoms with Crippen LogP contribution in [-0.4, -0.2) is 64.0 Å². The Morgan fingerprint density at radius 2 is 1.89 bits per heavy atom. The van der Waals surface area contributed by atoms with Gasteiger partial charge in [-0.1, -0.05) is 12.1 Å². The Bertz CT molecular complexity index is 1640. The van der Waals surface area contributed by atoms with Crippen molar-refractivity contribution < 1.29 is 36.2 Å². The van der Waals surface area contributed by atoms with Gasteiger partial charge in [0.05, 0.1) is 35.0 Å². The largest absolute Gasteiger partial charge is 0.444 e. The lowest BCUT2D eigenvalue weighted by atomic mass is 9.86. The smallest absolute Gasteiger partial charge is 0.417 e. The van der Waals surface area contributed by atoms with Gasteiger partial charge in [0.15, 0.2) is 6.86 Å². The molecule has 2 aliphatic rings. The number of thioether (sulfide) groups is 1. The average molecular weight is 641 g/mol. The molecule has 0 spiro atoms. The Labute approximate surface area is 254 Å². The van der Waals surface area contributed by atoms with Crippen LogP contribution in [0.2, 0.25) is 0 Å². The first-order valence-corrected chi connectivity index (χ1v) is 15.0. The van der Waals surface area contributed by atoms with Crippen LogP contribution in [0.5, 0.6) is 0 Å². The lowest BCUT2D eigenvalue weighted by molar-refractivity contribution is -0.137. The third kappa shape index (κ3) is 5.91. The highest BCUT2D eigenvalue weighted by Gasteiger charge is 2.48. The zero-order valence-electron chi connectivity index (χ0n) is 24.8. The second-order valence-electron chi connectivity index (χ2n) is 12.2. The minimum absolute atomic E-state index is 0.00172. The summed E-state index contributed by atoms with van der Waals surface area (Å²) in [5.41, 5.74) is -4.17. The fourth-order valence-electron chi connectivity index (χ4n) is 5.96. The molecule has 1 aromatic heterocycles. The predicted molar refractivity (Wildman–Crippen MR) is 156 cm³/mol. The van der Waals surface area contributed by atoms with E-state index in [4.69, 9.17) is 9.47 Å². The average Bonchev–Trinajstić information content (AvgIpc) is 3.10. The van der Waals surface area contributed by atoms with Gasteiger partial charge in [-0.15, -0.1) is 11.8 Å². The van der Waals surface area contributed by atoms with Crippen LogP contribution < -0.4 is 11.0 Å². The predicted octanol–water partition coefficient (Wildman–Crippen LogP) is 6.08. The number of halogens is 5. The minimum Gasteiger partial charge on any atom is -0.444 e. The van der Waals surface area contributed by atoms with Crippen molar-refractivity contribution in [3.63, 3.8) is 0 Å². The molecule has 14 heteroatoms. The molecule has 3 heterocycles. The van der Waals surface area contributed by atoms with Crippen molar-refractivity contribution in [3.8, 4) is 11.1 Å². The van der Waals surface area contributed by atoms with Gasteiger partial charge in [0.2, 0.25) is 0 Å². The van der Waals surface area contributed by atoms with Gasteiger partial charge in [-0.25, -0.2) is 18.4 Å². The van der Waals surface area contributed by atoms with Crippen LogP contribution in [0.1, 0.15) is 45.9 Å². The summed E-state index contributed by atoms with van der Waals surface area (Å²) in [6, 6.07) is 5.06. The monoisotopic (exact) mass is 640 g/mol. The molecule has 0 aliphatic carbocycles. The molecule has 0 saturated carbocycles. The molecule has 238 valence electrons.